The molecule has 0 bridgehead atoms. The highest BCUT2D eigenvalue weighted by molar-refractivity contribution is 9.10. The van der Waals surface area contributed by atoms with E-state index in [0.717, 1.165) is 25.8 Å². The molecule has 39 heavy (non-hydrogen) atoms. The van der Waals surface area contributed by atoms with E-state index in [0.29, 0.717) is 47.2 Å². The molecule has 0 fully saturated rings. The molecule has 1 aliphatic rings. The van der Waals surface area contributed by atoms with Gasteiger partial charge in [0.2, 0.25) is 6.79 Å². The van der Waals surface area contributed by atoms with Crippen LogP contribution < -0.4 is 24.5 Å². The molecule has 0 saturated carbocycles. The molecule has 0 aliphatic carbocycles. The highest BCUT2D eigenvalue weighted by atomic mass is 79.9. The maximum absolute atomic E-state index is 13.5. The Labute approximate surface area is 242 Å². The minimum atomic E-state index is -0.419. The quantitative estimate of drug-likeness (QED) is 0.203. The van der Waals surface area contributed by atoms with Crippen LogP contribution in [0.4, 0.5) is 0 Å². The highest BCUT2D eigenvalue weighted by Crippen LogP contribution is 2.36. The van der Waals surface area contributed by atoms with Crippen molar-refractivity contribution in [3.63, 3.8) is 0 Å². The summed E-state index contributed by atoms with van der Waals surface area (Å²) < 4.78 is 25.7. The lowest BCUT2D eigenvalue weighted by Gasteiger charge is -2.21. The van der Waals surface area contributed by atoms with Gasteiger partial charge in [-0.1, -0.05) is 42.8 Å². The SMILES string of the molecule is CCOc1cc(C=Nn2c(C(C)(C)C)nc3ccc(Br)cc3c2=O)c(Br)cc1OCc1ccc2c(c1)OCO2. The summed E-state index contributed by atoms with van der Waals surface area (Å²) in [5.74, 6) is 3.12. The smallest absolute Gasteiger partial charge is 0.282 e. The number of aromatic nitrogens is 2. The molecular weight excluding hydrogens is 630 g/mol. The van der Waals surface area contributed by atoms with Gasteiger partial charge in [0.25, 0.3) is 5.56 Å². The molecule has 2 heterocycles. The van der Waals surface area contributed by atoms with Crippen LogP contribution in [0.1, 0.15) is 44.6 Å². The van der Waals surface area contributed by atoms with Gasteiger partial charge in [-0.2, -0.15) is 9.78 Å². The monoisotopic (exact) mass is 655 g/mol. The summed E-state index contributed by atoms with van der Waals surface area (Å²) in [6.45, 7) is 8.91. The van der Waals surface area contributed by atoms with Crippen LogP contribution in [0.2, 0.25) is 0 Å². The van der Waals surface area contributed by atoms with Crippen molar-refractivity contribution in [1.29, 1.82) is 0 Å². The van der Waals surface area contributed by atoms with Crippen LogP contribution in [0.5, 0.6) is 23.0 Å². The van der Waals surface area contributed by atoms with E-state index in [4.69, 9.17) is 23.9 Å². The van der Waals surface area contributed by atoms with Gasteiger partial charge < -0.3 is 18.9 Å². The number of hydrogen-bond acceptors (Lipinski definition) is 7. The van der Waals surface area contributed by atoms with Crippen LogP contribution in [-0.4, -0.2) is 29.3 Å². The summed E-state index contributed by atoms with van der Waals surface area (Å²) in [4.78, 5) is 18.3. The normalized spacial score (nSPS) is 12.9. The number of ether oxygens (including phenoxy) is 4. The number of hydrogen-bond donors (Lipinski definition) is 0. The van der Waals surface area contributed by atoms with E-state index < -0.39 is 5.41 Å². The molecule has 8 nitrogen and oxygen atoms in total. The number of rotatable bonds is 7. The van der Waals surface area contributed by atoms with Crippen LogP contribution in [0.25, 0.3) is 10.9 Å². The molecule has 0 saturated heterocycles. The van der Waals surface area contributed by atoms with Gasteiger partial charge in [-0.3, -0.25) is 4.79 Å². The molecule has 1 aromatic heterocycles. The van der Waals surface area contributed by atoms with Crippen molar-refractivity contribution in [2.24, 2.45) is 5.10 Å². The number of benzene rings is 3. The Balaban J connectivity index is 1.48. The van der Waals surface area contributed by atoms with Crippen molar-refractivity contribution in [2.75, 3.05) is 13.4 Å². The van der Waals surface area contributed by atoms with Gasteiger partial charge in [0, 0.05) is 19.9 Å². The Morgan fingerprint density at radius 2 is 1.79 bits per heavy atom. The fourth-order valence-corrected chi connectivity index (χ4v) is 4.87. The van der Waals surface area contributed by atoms with Gasteiger partial charge in [0.1, 0.15) is 12.4 Å². The second-order valence-corrected chi connectivity index (χ2v) is 11.7. The van der Waals surface area contributed by atoms with Crippen LogP contribution in [0, 0.1) is 0 Å². The van der Waals surface area contributed by atoms with Crippen molar-refractivity contribution in [1.82, 2.24) is 9.66 Å². The summed E-state index contributed by atoms with van der Waals surface area (Å²) in [6.07, 6.45) is 1.62. The Morgan fingerprint density at radius 1 is 1.03 bits per heavy atom. The van der Waals surface area contributed by atoms with Crippen LogP contribution in [0.15, 0.2) is 67.4 Å². The third-order valence-electron chi connectivity index (χ3n) is 5.99. The van der Waals surface area contributed by atoms with Crippen LogP contribution in [-0.2, 0) is 12.0 Å². The maximum Gasteiger partial charge on any atom is 0.282 e. The molecule has 1 aliphatic heterocycles. The first kappa shape index (κ1) is 27.2. The maximum atomic E-state index is 13.5. The minimum Gasteiger partial charge on any atom is -0.490 e. The van der Waals surface area contributed by atoms with Gasteiger partial charge in [0.15, 0.2) is 23.0 Å². The number of fused-ring (bicyclic) bond motifs is 2. The van der Waals surface area contributed by atoms with Gasteiger partial charge in [0.05, 0.1) is 23.7 Å². The predicted molar refractivity (Wildman–Crippen MR) is 158 cm³/mol. The first-order valence-electron chi connectivity index (χ1n) is 12.4. The topological polar surface area (TPSA) is 84.2 Å². The van der Waals surface area contributed by atoms with Gasteiger partial charge >= 0.3 is 0 Å². The molecule has 0 radical (unpaired) electrons. The zero-order chi connectivity index (χ0) is 27.7. The van der Waals surface area contributed by atoms with E-state index in [1.54, 1.807) is 12.3 Å². The molecule has 0 amide bonds. The van der Waals surface area contributed by atoms with E-state index in [1.807, 2.05) is 70.2 Å². The zero-order valence-electron chi connectivity index (χ0n) is 22.0. The Bertz CT molecular complexity index is 1640. The molecule has 5 rings (SSSR count). The van der Waals surface area contributed by atoms with Crippen molar-refractivity contribution in [3.05, 3.63) is 84.8 Å². The first-order valence-corrected chi connectivity index (χ1v) is 14.0. The summed E-state index contributed by atoms with van der Waals surface area (Å²) in [5, 5.41) is 5.07. The molecule has 0 N–H and O–H groups in total. The molecular formula is C29H27Br2N3O5. The van der Waals surface area contributed by atoms with E-state index in [2.05, 4.69) is 37.0 Å². The fourth-order valence-electron chi connectivity index (χ4n) is 4.08. The summed E-state index contributed by atoms with van der Waals surface area (Å²) >= 11 is 7.07. The lowest BCUT2D eigenvalue weighted by Crippen LogP contribution is -2.29. The van der Waals surface area contributed by atoms with Crippen molar-refractivity contribution < 1.29 is 18.9 Å². The Kier molecular flexibility index (Phi) is 7.68. The van der Waals surface area contributed by atoms with E-state index in [-0.39, 0.29) is 12.4 Å². The minimum absolute atomic E-state index is 0.222. The third kappa shape index (κ3) is 5.81. The average molecular weight is 657 g/mol. The van der Waals surface area contributed by atoms with Gasteiger partial charge in [-0.15, -0.1) is 0 Å². The lowest BCUT2D eigenvalue weighted by atomic mass is 9.95. The summed E-state index contributed by atoms with van der Waals surface area (Å²) in [5.41, 5.74) is 1.62. The van der Waals surface area contributed by atoms with Crippen molar-refractivity contribution >= 4 is 49.0 Å². The highest BCUT2D eigenvalue weighted by Gasteiger charge is 2.23. The second kappa shape index (κ2) is 11.0. The average Bonchev–Trinajstić information content (AvgIpc) is 3.36. The van der Waals surface area contributed by atoms with Crippen LogP contribution >= 0.6 is 31.9 Å². The first-order chi connectivity index (χ1) is 18.6. The third-order valence-corrected chi connectivity index (χ3v) is 7.17. The molecule has 4 aromatic rings. The van der Waals surface area contributed by atoms with Crippen LogP contribution in [0.3, 0.4) is 0 Å². The van der Waals surface area contributed by atoms with Gasteiger partial charge in [-0.25, -0.2) is 4.98 Å². The lowest BCUT2D eigenvalue weighted by molar-refractivity contribution is 0.174. The van der Waals surface area contributed by atoms with E-state index in [1.165, 1.54) is 4.68 Å². The molecule has 0 unspecified atom stereocenters. The second-order valence-electron chi connectivity index (χ2n) is 9.94. The standard InChI is InChI=1S/C29H27Br2N3O5/c1-5-36-25-11-18(21(31)13-26(25)37-15-17-6-9-23-24(10-17)39-16-38-23)14-32-34-27(35)20-12-19(30)7-8-22(20)33-28(34)29(2,3)4/h6-14H,5,15-16H2,1-4H3. The molecule has 10 heteroatoms. The van der Waals surface area contributed by atoms with Gasteiger partial charge in [-0.05, 0) is 70.9 Å². The van der Waals surface area contributed by atoms with Crippen molar-refractivity contribution in [2.45, 2.75) is 39.7 Å². The van der Waals surface area contributed by atoms with E-state index >= 15 is 0 Å². The zero-order valence-corrected chi connectivity index (χ0v) is 25.1. The summed E-state index contributed by atoms with van der Waals surface area (Å²) in [6, 6.07) is 14.8. The number of nitrogens with zero attached hydrogens (tertiary/aromatic N) is 3. The molecule has 202 valence electrons. The predicted octanol–water partition coefficient (Wildman–Crippen LogP) is 6.81. The molecule has 0 atom stereocenters. The largest absolute Gasteiger partial charge is 0.490 e. The van der Waals surface area contributed by atoms with Crippen molar-refractivity contribution in [3.8, 4) is 23.0 Å². The Morgan fingerprint density at radius 3 is 2.56 bits per heavy atom. The Hall–Kier alpha value is -3.37. The molecule has 0 spiro atoms. The molecule has 3 aromatic carbocycles. The van der Waals surface area contributed by atoms with E-state index in [9.17, 15) is 4.79 Å². The number of halogens is 2. The fraction of sp³-hybridized carbons (Fsp3) is 0.276. The summed E-state index contributed by atoms with van der Waals surface area (Å²) in [7, 11) is 0.